The van der Waals surface area contributed by atoms with Gasteiger partial charge < -0.3 is 10.2 Å². The second-order valence-corrected chi connectivity index (χ2v) is 7.44. The lowest BCUT2D eigenvalue weighted by atomic mass is 9.96. The zero-order valence-corrected chi connectivity index (χ0v) is 15.4. The molecule has 0 aliphatic carbocycles. The van der Waals surface area contributed by atoms with Gasteiger partial charge >= 0.3 is 0 Å². The highest BCUT2D eigenvalue weighted by atomic mass is 19.1. The lowest BCUT2D eigenvalue weighted by molar-refractivity contribution is 0.0548. The monoisotopic (exact) mass is 386 g/mol. The topological polar surface area (TPSA) is 75.2 Å². The van der Waals surface area contributed by atoms with Crippen LogP contribution in [0, 0.1) is 18.6 Å². The number of benzene rings is 1. The predicted molar refractivity (Wildman–Crippen MR) is 96.6 cm³/mol. The van der Waals surface area contributed by atoms with E-state index >= 15 is 0 Å². The Balaban J connectivity index is 1.45. The molecule has 6 nitrogen and oxygen atoms in total. The highest BCUT2D eigenvalue weighted by Gasteiger charge is 2.44. The van der Waals surface area contributed by atoms with Gasteiger partial charge in [0.2, 0.25) is 0 Å². The van der Waals surface area contributed by atoms with E-state index < -0.39 is 11.6 Å². The number of aromatic nitrogens is 2. The van der Waals surface area contributed by atoms with Crippen molar-refractivity contribution in [3.63, 3.8) is 0 Å². The van der Waals surface area contributed by atoms with Gasteiger partial charge in [-0.25, -0.2) is 13.8 Å². The fourth-order valence-corrected chi connectivity index (χ4v) is 4.22. The van der Waals surface area contributed by atoms with Crippen LogP contribution in [0.2, 0.25) is 0 Å². The number of fused-ring (bicyclic) bond motifs is 2. The first kappa shape index (κ1) is 18.5. The molecule has 3 heterocycles. The van der Waals surface area contributed by atoms with Gasteiger partial charge in [-0.3, -0.25) is 14.6 Å². The minimum absolute atomic E-state index is 0.0202. The Labute approximate surface area is 161 Å². The Hall–Kier alpha value is -2.90. The van der Waals surface area contributed by atoms with Gasteiger partial charge in [-0.05, 0) is 44.7 Å². The van der Waals surface area contributed by atoms with Crippen LogP contribution in [-0.4, -0.2) is 44.8 Å². The Morgan fingerprint density at radius 2 is 1.68 bits per heavy atom. The van der Waals surface area contributed by atoms with Crippen molar-refractivity contribution in [2.24, 2.45) is 0 Å². The molecule has 2 aliphatic heterocycles. The summed E-state index contributed by atoms with van der Waals surface area (Å²) in [4.78, 5) is 35.1. The van der Waals surface area contributed by atoms with Crippen LogP contribution in [0.1, 0.15) is 52.2 Å². The first-order chi connectivity index (χ1) is 13.4. The summed E-state index contributed by atoms with van der Waals surface area (Å²) in [7, 11) is 0. The minimum atomic E-state index is -0.767. The Kier molecular flexibility index (Phi) is 4.78. The fraction of sp³-hybridized carbons (Fsp3) is 0.400. The van der Waals surface area contributed by atoms with Crippen LogP contribution in [0.4, 0.5) is 8.78 Å². The van der Waals surface area contributed by atoms with Crippen molar-refractivity contribution in [2.75, 3.05) is 0 Å². The number of hydrogen-bond donors (Lipinski definition) is 1. The third kappa shape index (κ3) is 3.58. The SMILES string of the molecule is Cc1cnc(C(=O)NC2C[C@H]3CC[C@@H](C2)N3C(=O)c2cc(F)cc(F)c2)cn1. The maximum Gasteiger partial charge on any atom is 0.271 e. The van der Waals surface area contributed by atoms with E-state index in [1.165, 1.54) is 12.4 Å². The summed E-state index contributed by atoms with van der Waals surface area (Å²) in [5, 5.41) is 2.97. The number of hydrogen-bond acceptors (Lipinski definition) is 4. The number of nitrogens with one attached hydrogen (secondary N) is 1. The Morgan fingerprint density at radius 3 is 2.25 bits per heavy atom. The number of aryl methyl sites for hydroxylation is 1. The van der Waals surface area contributed by atoms with Crippen molar-refractivity contribution in [1.29, 1.82) is 0 Å². The Bertz CT molecular complexity index is 885. The molecule has 1 aromatic carbocycles. The number of nitrogens with zero attached hydrogens (tertiary/aromatic N) is 3. The fourth-order valence-electron chi connectivity index (χ4n) is 4.22. The van der Waals surface area contributed by atoms with E-state index in [9.17, 15) is 18.4 Å². The predicted octanol–water partition coefficient (Wildman–Crippen LogP) is 2.63. The number of piperidine rings is 1. The van der Waals surface area contributed by atoms with Crippen LogP contribution in [0.15, 0.2) is 30.6 Å². The molecular weight excluding hydrogens is 366 g/mol. The molecule has 28 heavy (non-hydrogen) atoms. The van der Waals surface area contributed by atoms with Crippen molar-refractivity contribution in [1.82, 2.24) is 20.2 Å². The van der Waals surface area contributed by atoms with Crippen LogP contribution in [-0.2, 0) is 0 Å². The molecular formula is C20H20F2N4O2. The van der Waals surface area contributed by atoms with Gasteiger partial charge in [0, 0.05) is 36.0 Å². The molecule has 8 heteroatoms. The second-order valence-electron chi connectivity index (χ2n) is 7.44. The average Bonchev–Trinajstić information content (AvgIpc) is 2.91. The number of amides is 2. The molecule has 2 amide bonds. The molecule has 4 rings (SSSR count). The van der Waals surface area contributed by atoms with Crippen LogP contribution in [0.3, 0.4) is 0 Å². The van der Waals surface area contributed by atoms with Crippen molar-refractivity contribution >= 4 is 11.8 Å². The lowest BCUT2D eigenvalue weighted by Gasteiger charge is -2.39. The van der Waals surface area contributed by atoms with Crippen LogP contribution in [0.25, 0.3) is 0 Å². The van der Waals surface area contributed by atoms with Gasteiger partial charge in [-0.15, -0.1) is 0 Å². The molecule has 2 saturated heterocycles. The molecule has 2 bridgehead atoms. The first-order valence-electron chi connectivity index (χ1n) is 9.29. The standard InChI is InChI=1S/C20H20F2N4O2/c1-11-9-24-18(10-23-11)19(27)25-15-7-16-2-3-17(8-15)26(16)20(28)12-4-13(21)6-14(22)5-12/h4-6,9-10,15-17H,2-3,7-8H2,1H3,(H,25,27)/t15?,16-,17+. The summed E-state index contributed by atoms with van der Waals surface area (Å²) in [6, 6.07) is 2.67. The van der Waals surface area contributed by atoms with E-state index in [2.05, 4.69) is 15.3 Å². The molecule has 0 radical (unpaired) electrons. The first-order valence-corrected chi connectivity index (χ1v) is 9.29. The molecule has 1 N–H and O–H groups in total. The summed E-state index contributed by atoms with van der Waals surface area (Å²) < 4.78 is 27.0. The normalized spacial score (nSPS) is 23.5. The van der Waals surface area contributed by atoms with Crippen LogP contribution in [0.5, 0.6) is 0 Å². The van der Waals surface area contributed by atoms with Gasteiger partial charge in [0.05, 0.1) is 11.9 Å². The van der Waals surface area contributed by atoms with Gasteiger partial charge in [0.15, 0.2) is 0 Å². The van der Waals surface area contributed by atoms with Gasteiger partial charge in [0.1, 0.15) is 17.3 Å². The maximum atomic E-state index is 13.5. The second kappa shape index (κ2) is 7.26. The zero-order chi connectivity index (χ0) is 19.8. The highest BCUT2D eigenvalue weighted by Crippen LogP contribution is 2.37. The number of carbonyl (C=O) groups excluding carboxylic acids is 2. The van der Waals surface area contributed by atoms with Gasteiger partial charge in [0.25, 0.3) is 11.8 Å². The number of rotatable bonds is 3. The van der Waals surface area contributed by atoms with Crippen molar-refractivity contribution < 1.29 is 18.4 Å². The molecule has 2 aromatic rings. The average molecular weight is 386 g/mol. The zero-order valence-electron chi connectivity index (χ0n) is 15.4. The van der Waals surface area contributed by atoms with E-state index in [-0.39, 0.29) is 41.2 Å². The highest BCUT2D eigenvalue weighted by molar-refractivity contribution is 5.95. The van der Waals surface area contributed by atoms with E-state index in [0.717, 1.165) is 36.7 Å². The summed E-state index contributed by atoms with van der Waals surface area (Å²) in [5.41, 5.74) is 1.01. The third-order valence-electron chi connectivity index (χ3n) is 5.43. The van der Waals surface area contributed by atoms with E-state index in [1.54, 1.807) is 11.8 Å². The molecule has 146 valence electrons. The Morgan fingerprint density at radius 1 is 1.04 bits per heavy atom. The van der Waals surface area contributed by atoms with Crippen LogP contribution >= 0.6 is 0 Å². The van der Waals surface area contributed by atoms with E-state index in [0.29, 0.717) is 12.8 Å². The summed E-state index contributed by atoms with van der Waals surface area (Å²) in [5.74, 6) is -2.18. The molecule has 0 spiro atoms. The van der Waals surface area contributed by atoms with Gasteiger partial charge in [-0.1, -0.05) is 0 Å². The van der Waals surface area contributed by atoms with Crippen LogP contribution < -0.4 is 5.32 Å². The molecule has 1 aromatic heterocycles. The quantitative estimate of drug-likeness (QED) is 0.880. The third-order valence-corrected chi connectivity index (χ3v) is 5.43. The van der Waals surface area contributed by atoms with Gasteiger partial charge in [-0.2, -0.15) is 0 Å². The van der Waals surface area contributed by atoms with Crippen molar-refractivity contribution in [3.05, 3.63) is 59.2 Å². The van der Waals surface area contributed by atoms with Crippen molar-refractivity contribution in [2.45, 2.75) is 50.7 Å². The number of carbonyl (C=O) groups is 2. The van der Waals surface area contributed by atoms with E-state index in [4.69, 9.17) is 0 Å². The molecule has 0 saturated carbocycles. The molecule has 3 atom stereocenters. The van der Waals surface area contributed by atoms with Crippen molar-refractivity contribution in [3.8, 4) is 0 Å². The van der Waals surface area contributed by atoms with E-state index in [1.807, 2.05) is 0 Å². The summed E-state index contributed by atoms with van der Waals surface area (Å²) in [6.45, 7) is 1.80. The minimum Gasteiger partial charge on any atom is -0.348 e. The molecule has 2 aliphatic rings. The largest absolute Gasteiger partial charge is 0.348 e. The molecule has 2 fully saturated rings. The summed E-state index contributed by atoms with van der Waals surface area (Å²) >= 11 is 0. The maximum absolute atomic E-state index is 13.5. The lowest BCUT2D eigenvalue weighted by Crippen LogP contribution is -2.52. The summed E-state index contributed by atoms with van der Waals surface area (Å²) in [6.07, 6.45) is 5.81. The smallest absolute Gasteiger partial charge is 0.271 e. The molecule has 1 unspecified atom stereocenters. The number of halogens is 2.